The highest BCUT2D eigenvalue weighted by Crippen LogP contribution is 2.31. The van der Waals surface area contributed by atoms with Crippen molar-refractivity contribution < 1.29 is 19.1 Å². The fourth-order valence-electron chi connectivity index (χ4n) is 2.03. The first-order chi connectivity index (χ1) is 12.1. The molecule has 25 heavy (non-hydrogen) atoms. The molecular formula is C18H16N2O4S. The van der Waals surface area contributed by atoms with Crippen molar-refractivity contribution in [2.45, 2.75) is 13.5 Å². The maximum absolute atomic E-state index is 12.0. The number of hydrogen-bond donors (Lipinski definition) is 1. The van der Waals surface area contributed by atoms with E-state index < -0.39 is 11.9 Å². The van der Waals surface area contributed by atoms with E-state index in [1.165, 1.54) is 6.08 Å². The number of benzene rings is 1. The number of nitrogens with two attached hydrogens (primary N) is 1. The Balaban J connectivity index is 2.11. The number of esters is 2. The molecule has 1 aromatic heterocycles. The third kappa shape index (κ3) is 4.68. The summed E-state index contributed by atoms with van der Waals surface area (Å²) in [7, 11) is 0. The molecule has 0 amide bonds. The molecule has 0 aliphatic carbocycles. The van der Waals surface area contributed by atoms with Crippen LogP contribution in [-0.4, -0.2) is 18.5 Å². The third-order valence-corrected chi connectivity index (χ3v) is 4.22. The molecule has 0 aliphatic rings. The number of hydrogen-bond acceptors (Lipinski definition) is 7. The van der Waals surface area contributed by atoms with E-state index in [1.807, 2.05) is 36.4 Å². The normalized spacial score (nSPS) is 10.4. The lowest BCUT2D eigenvalue weighted by atomic mass is 10.1. The van der Waals surface area contributed by atoms with Crippen molar-refractivity contribution in [2.75, 3.05) is 12.3 Å². The van der Waals surface area contributed by atoms with Gasteiger partial charge in [0.2, 0.25) is 0 Å². The molecule has 6 nitrogen and oxygen atoms in total. The minimum absolute atomic E-state index is 0.132. The number of nitriles is 1. The topological polar surface area (TPSA) is 102 Å². The fraction of sp³-hybridized carbons (Fsp3) is 0.167. The number of rotatable bonds is 6. The molecule has 0 fully saturated rings. The van der Waals surface area contributed by atoms with Gasteiger partial charge >= 0.3 is 11.9 Å². The summed E-state index contributed by atoms with van der Waals surface area (Å²) in [6.45, 7) is 1.63. The summed E-state index contributed by atoms with van der Waals surface area (Å²) in [5.41, 5.74) is 7.01. The third-order valence-electron chi connectivity index (χ3n) is 3.18. The van der Waals surface area contributed by atoms with E-state index >= 15 is 0 Å². The second kappa shape index (κ2) is 8.66. The molecule has 0 saturated heterocycles. The van der Waals surface area contributed by atoms with E-state index in [4.69, 9.17) is 15.2 Å². The zero-order valence-corrected chi connectivity index (χ0v) is 14.3. The van der Waals surface area contributed by atoms with Crippen molar-refractivity contribution in [2.24, 2.45) is 0 Å². The molecule has 2 N–H and O–H groups in total. The van der Waals surface area contributed by atoms with Crippen molar-refractivity contribution >= 4 is 34.4 Å². The van der Waals surface area contributed by atoms with E-state index in [1.54, 1.807) is 13.0 Å². The van der Waals surface area contributed by atoms with Crippen LogP contribution < -0.4 is 5.73 Å². The zero-order chi connectivity index (χ0) is 18.2. The molecule has 0 atom stereocenters. The van der Waals surface area contributed by atoms with Gasteiger partial charge in [-0.15, -0.1) is 11.3 Å². The molecule has 1 aromatic carbocycles. The summed E-state index contributed by atoms with van der Waals surface area (Å²) in [6, 6.07) is 11.2. The molecule has 2 rings (SSSR count). The van der Waals surface area contributed by atoms with Gasteiger partial charge in [-0.2, -0.15) is 5.26 Å². The second-order valence-electron chi connectivity index (χ2n) is 4.83. The molecule has 0 saturated carbocycles. The highest BCUT2D eigenvalue weighted by atomic mass is 32.1. The standard InChI is InChI=1S/C18H16N2O4S/c1-2-23-18(22)16-14(13(10-19)17(20)25-16)11-24-15(21)9-8-12-6-4-3-5-7-12/h3-9H,2,11,20H2,1H3/b9-8+. The van der Waals surface area contributed by atoms with E-state index in [-0.39, 0.29) is 34.2 Å². The summed E-state index contributed by atoms with van der Waals surface area (Å²) in [4.78, 5) is 24.0. The van der Waals surface area contributed by atoms with Gasteiger partial charge < -0.3 is 15.2 Å². The fourth-order valence-corrected chi connectivity index (χ4v) is 2.94. The van der Waals surface area contributed by atoms with E-state index in [0.717, 1.165) is 16.9 Å². The Labute approximate surface area is 149 Å². The minimum atomic E-state index is -0.591. The number of ether oxygens (including phenoxy) is 2. The Morgan fingerprint density at radius 1 is 1.28 bits per heavy atom. The first-order valence-electron chi connectivity index (χ1n) is 7.45. The molecular weight excluding hydrogens is 340 g/mol. The molecule has 0 unspecified atom stereocenters. The summed E-state index contributed by atoms with van der Waals surface area (Å²) in [5, 5.41) is 9.40. The van der Waals surface area contributed by atoms with Crippen LogP contribution in [0.5, 0.6) is 0 Å². The van der Waals surface area contributed by atoms with Crippen molar-refractivity contribution in [1.82, 2.24) is 0 Å². The maximum Gasteiger partial charge on any atom is 0.348 e. The van der Waals surface area contributed by atoms with Crippen molar-refractivity contribution in [1.29, 1.82) is 5.26 Å². The first-order valence-corrected chi connectivity index (χ1v) is 8.26. The highest BCUT2D eigenvalue weighted by Gasteiger charge is 2.23. The Morgan fingerprint density at radius 3 is 2.64 bits per heavy atom. The predicted octanol–water partition coefficient (Wildman–Crippen LogP) is 3.14. The van der Waals surface area contributed by atoms with Gasteiger partial charge in [0.05, 0.1) is 12.2 Å². The zero-order valence-electron chi connectivity index (χ0n) is 13.5. The monoisotopic (exact) mass is 356 g/mol. The van der Waals surface area contributed by atoms with E-state index in [9.17, 15) is 14.9 Å². The van der Waals surface area contributed by atoms with Gasteiger partial charge in [-0.3, -0.25) is 0 Å². The quantitative estimate of drug-likeness (QED) is 0.630. The van der Waals surface area contributed by atoms with Gasteiger partial charge in [0.25, 0.3) is 0 Å². The molecule has 2 aromatic rings. The first kappa shape index (κ1) is 18.2. The number of anilines is 1. The van der Waals surface area contributed by atoms with E-state index in [0.29, 0.717) is 0 Å². The number of carbonyl (C=O) groups is 2. The average molecular weight is 356 g/mol. The van der Waals surface area contributed by atoms with Gasteiger partial charge in [-0.1, -0.05) is 30.3 Å². The van der Waals surface area contributed by atoms with Crippen LogP contribution in [0, 0.1) is 11.3 Å². The lowest BCUT2D eigenvalue weighted by Crippen LogP contribution is -2.08. The molecule has 128 valence electrons. The smallest absolute Gasteiger partial charge is 0.348 e. The van der Waals surface area contributed by atoms with Crippen LogP contribution in [0.2, 0.25) is 0 Å². The lowest BCUT2D eigenvalue weighted by molar-refractivity contribution is -0.138. The number of nitrogen functional groups attached to an aromatic ring is 1. The van der Waals surface area contributed by atoms with Crippen molar-refractivity contribution in [3.63, 3.8) is 0 Å². The number of nitrogens with zero attached hydrogens (tertiary/aromatic N) is 1. The Kier molecular flexibility index (Phi) is 6.32. The van der Waals surface area contributed by atoms with Gasteiger partial charge in [0, 0.05) is 11.6 Å². The SMILES string of the molecule is CCOC(=O)c1sc(N)c(C#N)c1COC(=O)/C=C/c1ccccc1. The van der Waals surface area contributed by atoms with E-state index in [2.05, 4.69) is 0 Å². The Morgan fingerprint density at radius 2 is 2.00 bits per heavy atom. The molecule has 1 heterocycles. The van der Waals surface area contributed by atoms with Crippen LogP contribution in [0.4, 0.5) is 5.00 Å². The van der Waals surface area contributed by atoms with Gasteiger partial charge in [0.1, 0.15) is 22.6 Å². The van der Waals surface area contributed by atoms with Crippen molar-refractivity contribution in [3.8, 4) is 6.07 Å². The minimum Gasteiger partial charge on any atom is -0.462 e. The second-order valence-corrected chi connectivity index (χ2v) is 5.89. The number of carbonyl (C=O) groups excluding carboxylic acids is 2. The molecule has 0 bridgehead atoms. The largest absolute Gasteiger partial charge is 0.462 e. The van der Waals surface area contributed by atoms with Crippen LogP contribution in [0.25, 0.3) is 6.08 Å². The van der Waals surface area contributed by atoms with Crippen LogP contribution in [0.1, 0.15) is 33.3 Å². The summed E-state index contributed by atoms with van der Waals surface area (Å²) >= 11 is 0.947. The van der Waals surface area contributed by atoms with Gasteiger partial charge in [0.15, 0.2) is 0 Å². The summed E-state index contributed by atoms with van der Waals surface area (Å²) < 4.78 is 10.1. The Hall–Kier alpha value is -3.11. The van der Waals surface area contributed by atoms with Crippen LogP contribution >= 0.6 is 11.3 Å². The average Bonchev–Trinajstić information content (AvgIpc) is 2.94. The molecule has 0 radical (unpaired) electrons. The summed E-state index contributed by atoms with van der Waals surface area (Å²) in [5.74, 6) is -1.18. The van der Waals surface area contributed by atoms with Gasteiger partial charge in [-0.05, 0) is 18.6 Å². The van der Waals surface area contributed by atoms with Gasteiger partial charge in [-0.25, -0.2) is 9.59 Å². The van der Waals surface area contributed by atoms with Crippen LogP contribution in [0.3, 0.4) is 0 Å². The maximum atomic E-state index is 12.0. The predicted molar refractivity (Wildman–Crippen MR) is 94.7 cm³/mol. The number of thiophene rings is 1. The Bertz CT molecular complexity index is 835. The molecule has 0 spiro atoms. The highest BCUT2D eigenvalue weighted by molar-refractivity contribution is 7.18. The summed E-state index contributed by atoms with van der Waals surface area (Å²) in [6.07, 6.45) is 2.89. The lowest BCUT2D eigenvalue weighted by Gasteiger charge is -2.05. The van der Waals surface area contributed by atoms with Crippen LogP contribution in [0.15, 0.2) is 36.4 Å². The van der Waals surface area contributed by atoms with Crippen molar-refractivity contribution in [3.05, 3.63) is 58.0 Å². The molecule has 7 heteroatoms. The molecule has 0 aliphatic heterocycles. The van der Waals surface area contributed by atoms with Crippen LogP contribution in [-0.2, 0) is 20.9 Å².